The monoisotopic (exact) mass is 351 g/mol. The minimum atomic E-state index is -0.502. The molecule has 2 aromatic rings. The van der Waals surface area contributed by atoms with Gasteiger partial charge >= 0.3 is 0 Å². The van der Waals surface area contributed by atoms with Crippen molar-refractivity contribution in [3.8, 4) is 0 Å². The molecule has 0 aromatic heterocycles. The molecular weight excluding hydrogens is 338 g/mol. The summed E-state index contributed by atoms with van der Waals surface area (Å²) in [5.74, 6) is -1.23. The van der Waals surface area contributed by atoms with Gasteiger partial charge in [0.1, 0.15) is 0 Å². The Morgan fingerprint density at radius 2 is 1.73 bits per heavy atom. The number of hydrogen-bond acceptors (Lipinski definition) is 5. The van der Waals surface area contributed by atoms with Crippen molar-refractivity contribution in [1.29, 1.82) is 0 Å². The van der Waals surface area contributed by atoms with Crippen LogP contribution in [-0.2, 0) is 4.79 Å². The maximum atomic E-state index is 12.0. The lowest BCUT2D eigenvalue weighted by atomic mass is 10.1. The lowest BCUT2D eigenvalue weighted by molar-refractivity contribution is -0.384. The van der Waals surface area contributed by atoms with Crippen molar-refractivity contribution < 1.29 is 19.3 Å². The fourth-order valence-electron chi connectivity index (χ4n) is 2.50. The van der Waals surface area contributed by atoms with E-state index in [0.29, 0.717) is 16.8 Å². The van der Waals surface area contributed by atoms with Crippen molar-refractivity contribution >= 4 is 35.2 Å². The number of nitro groups is 1. The zero-order valence-corrected chi connectivity index (χ0v) is 13.6. The molecule has 0 aliphatic carbocycles. The summed E-state index contributed by atoms with van der Waals surface area (Å²) >= 11 is 0. The van der Waals surface area contributed by atoms with Crippen LogP contribution in [0.15, 0.2) is 48.5 Å². The summed E-state index contributed by atoms with van der Waals surface area (Å²) in [7, 11) is 1.40. The van der Waals surface area contributed by atoms with Gasteiger partial charge < -0.3 is 5.32 Å². The Morgan fingerprint density at radius 1 is 1.08 bits per heavy atom. The van der Waals surface area contributed by atoms with Gasteiger partial charge in [0.15, 0.2) is 0 Å². The van der Waals surface area contributed by atoms with Gasteiger partial charge in [-0.15, -0.1) is 0 Å². The molecule has 0 unspecified atom stereocenters. The summed E-state index contributed by atoms with van der Waals surface area (Å²) < 4.78 is 0. The van der Waals surface area contributed by atoms with Gasteiger partial charge in [0.2, 0.25) is 5.91 Å². The third kappa shape index (κ3) is 3.20. The molecule has 0 bridgehead atoms. The van der Waals surface area contributed by atoms with E-state index in [-0.39, 0.29) is 17.2 Å². The summed E-state index contributed by atoms with van der Waals surface area (Å²) in [5.41, 5.74) is 1.53. The van der Waals surface area contributed by atoms with Gasteiger partial charge in [0.25, 0.3) is 17.5 Å². The van der Waals surface area contributed by atoms with Crippen LogP contribution in [0.4, 0.5) is 11.4 Å². The number of nitrogens with zero attached hydrogens (tertiary/aromatic N) is 2. The average Bonchev–Trinajstić information content (AvgIpc) is 2.84. The maximum absolute atomic E-state index is 12.0. The number of rotatable bonds is 4. The van der Waals surface area contributed by atoms with Crippen molar-refractivity contribution in [3.05, 3.63) is 75.3 Å². The van der Waals surface area contributed by atoms with Gasteiger partial charge in [-0.3, -0.25) is 29.4 Å². The van der Waals surface area contributed by atoms with Gasteiger partial charge in [-0.05, 0) is 42.0 Å². The van der Waals surface area contributed by atoms with E-state index in [0.717, 1.165) is 4.90 Å². The second-order valence-corrected chi connectivity index (χ2v) is 5.60. The van der Waals surface area contributed by atoms with Gasteiger partial charge in [0, 0.05) is 30.9 Å². The van der Waals surface area contributed by atoms with Crippen molar-refractivity contribution in [2.45, 2.75) is 0 Å². The molecule has 1 aliphatic rings. The summed E-state index contributed by atoms with van der Waals surface area (Å²) in [6.07, 6.45) is 2.78. The highest BCUT2D eigenvalue weighted by molar-refractivity contribution is 6.21. The number of nitro benzene ring substituents is 1. The summed E-state index contributed by atoms with van der Waals surface area (Å²) in [5, 5.41) is 13.2. The summed E-state index contributed by atoms with van der Waals surface area (Å²) in [6, 6.07) is 10.2. The fourth-order valence-corrected chi connectivity index (χ4v) is 2.50. The van der Waals surface area contributed by atoms with Crippen LogP contribution in [-0.4, -0.2) is 34.6 Å². The average molecular weight is 351 g/mol. The van der Waals surface area contributed by atoms with Gasteiger partial charge in [-0.25, -0.2) is 0 Å². The number of anilines is 1. The number of benzene rings is 2. The number of nitrogens with one attached hydrogen (secondary N) is 1. The van der Waals surface area contributed by atoms with Crippen LogP contribution in [0.2, 0.25) is 0 Å². The maximum Gasteiger partial charge on any atom is 0.269 e. The van der Waals surface area contributed by atoms with Crippen LogP contribution >= 0.6 is 0 Å². The van der Waals surface area contributed by atoms with Gasteiger partial charge in [0.05, 0.1) is 16.1 Å². The van der Waals surface area contributed by atoms with E-state index in [4.69, 9.17) is 0 Å². The van der Waals surface area contributed by atoms with Crippen molar-refractivity contribution in [1.82, 2.24) is 4.90 Å². The standard InChI is InChI=1S/C18H13N3O5/c1-20-17(23)14-8-5-12(10-15(14)18(20)24)19-16(22)9-4-11-2-6-13(7-3-11)21(25)26/h2-10H,1H3,(H,19,22)/b9-4+. The first-order chi connectivity index (χ1) is 12.4. The minimum absolute atomic E-state index is 0.0334. The molecule has 0 saturated heterocycles. The van der Waals surface area contributed by atoms with Crippen LogP contribution in [0.1, 0.15) is 26.3 Å². The van der Waals surface area contributed by atoms with Crippen LogP contribution in [0.3, 0.4) is 0 Å². The molecule has 0 spiro atoms. The lowest BCUT2D eigenvalue weighted by Gasteiger charge is -2.04. The normalized spacial score (nSPS) is 13.2. The number of carbonyl (C=O) groups excluding carboxylic acids is 3. The summed E-state index contributed by atoms with van der Waals surface area (Å²) in [4.78, 5) is 46.9. The van der Waals surface area contributed by atoms with E-state index in [1.807, 2.05) is 0 Å². The molecule has 0 fully saturated rings. The molecule has 0 saturated carbocycles. The highest BCUT2D eigenvalue weighted by Crippen LogP contribution is 2.24. The first-order valence-corrected chi connectivity index (χ1v) is 7.57. The Kier molecular flexibility index (Phi) is 4.32. The zero-order chi connectivity index (χ0) is 18.8. The Balaban J connectivity index is 1.70. The molecule has 3 rings (SSSR count). The molecule has 2 aromatic carbocycles. The topological polar surface area (TPSA) is 110 Å². The second kappa shape index (κ2) is 6.60. The number of amides is 3. The van der Waals surface area contributed by atoms with E-state index in [1.165, 1.54) is 55.6 Å². The number of hydrogen-bond donors (Lipinski definition) is 1. The van der Waals surface area contributed by atoms with E-state index >= 15 is 0 Å². The van der Waals surface area contributed by atoms with Gasteiger partial charge in [-0.2, -0.15) is 0 Å². The molecule has 3 amide bonds. The number of fused-ring (bicyclic) bond motifs is 1. The molecule has 0 radical (unpaired) electrons. The largest absolute Gasteiger partial charge is 0.322 e. The van der Waals surface area contributed by atoms with E-state index in [9.17, 15) is 24.5 Å². The third-order valence-corrected chi connectivity index (χ3v) is 3.89. The Hall–Kier alpha value is -3.81. The lowest BCUT2D eigenvalue weighted by Crippen LogP contribution is -2.24. The molecular formula is C18H13N3O5. The Labute approximate surface area is 147 Å². The van der Waals surface area contributed by atoms with Crippen LogP contribution in [0, 0.1) is 10.1 Å². The van der Waals surface area contributed by atoms with E-state index in [2.05, 4.69) is 5.32 Å². The zero-order valence-electron chi connectivity index (χ0n) is 13.6. The molecule has 8 nitrogen and oxygen atoms in total. The highest BCUT2D eigenvalue weighted by atomic mass is 16.6. The predicted octanol–water partition coefficient (Wildman–Crippen LogP) is 2.47. The van der Waals surface area contributed by atoms with Crippen LogP contribution < -0.4 is 5.32 Å². The number of non-ortho nitro benzene ring substituents is 1. The SMILES string of the molecule is CN1C(=O)c2ccc(NC(=O)/C=C/c3ccc([N+](=O)[O-])cc3)cc2C1=O. The van der Waals surface area contributed by atoms with Crippen molar-refractivity contribution in [2.75, 3.05) is 12.4 Å². The van der Waals surface area contributed by atoms with E-state index < -0.39 is 16.7 Å². The highest BCUT2D eigenvalue weighted by Gasteiger charge is 2.32. The molecule has 130 valence electrons. The van der Waals surface area contributed by atoms with Crippen molar-refractivity contribution in [2.24, 2.45) is 0 Å². The number of imide groups is 1. The molecule has 26 heavy (non-hydrogen) atoms. The Morgan fingerprint density at radius 3 is 2.38 bits per heavy atom. The van der Waals surface area contributed by atoms with Crippen LogP contribution in [0.5, 0.6) is 0 Å². The number of carbonyl (C=O) groups is 3. The minimum Gasteiger partial charge on any atom is -0.322 e. The molecule has 1 aliphatic heterocycles. The van der Waals surface area contributed by atoms with Gasteiger partial charge in [-0.1, -0.05) is 0 Å². The fraction of sp³-hybridized carbons (Fsp3) is 0.0556. The predicted molar refractivity (Wildman–Crippen MR) is 93.6 cm³/mol. The quantitative estimate of drug-likeness (QED) is 0.394. The third-order valence-electron chi connectivity index (χ3n) is 3.89. The molecule has 0 atom stereocenters. The second-order valence-electron chi connectivity index (χ2n) is 5.60. The first kappa shape index (κ1) is 17.0. The molecule has 1 N–H and O–H groups in total. The summed E-state index contributed by atoms with van der Waals surface area (Å²) in [6.45, 7) is 0. The smallest absolute Gasteiger partial charge is 0.269 e. The molecule has 1 heterocycles. The van der Waals surface area contributed by atoms with E-state index in [1.54, 1.807) is 6.07 Å². The van der Waals surface area contributed by atoms with Crippen molar-refractivity contribution in [3.63, 3.8) is 0 Å². The Bertz CT molecular complexity index is 963. The first-order valence-electron chi connectivity index (χ1n) is 7.57. The van der Waals surface area contributed by atoms with Crippen LogP contribution in [0.25, 0.3) is 6.08 Å². The molecule has 8 heteroatoms.